The predicted molar refractivity (Wildman–Crippen MR) is 31.8 cm³/mol. The summed E-state index contributed by atoms with van der Waals surface area (Å²) in [6.45, 7) is 0. The van der Waals surface area contributed by atoms with Gasteiger partial charge in [-0.15, -0.1) is 0 Å². The van der Waals surface area contributed by atoms with Crippen LogP contribution in [0, 0.1) is 0 Å². The second-order valence-electron chi connectivity index (χ2n) is 1.14. The van der Waals surface area contributed by atoms with Crippen molar-refractivity contribution in [2.75, 3.05) is 0 Å². The standard InChI is InChI=1S/C4H2BBrO/c5-3-1-2-4(6)7-3/h1-2H. The molecular weight excluding hydrogens is 155 g/mol. The van der Waals surface area contributed by atoms with E-state index in [2.05, 4.69) is 15.9 Å². The van der Waals surface area contributed by atoms with Crippen molar-refractivity contribution >= 4 is 29.4 Å². The highest BCUT2D eigenvalue weighted by molar-refractivity contribution is 9.10. The zero-order chi connectivity index (χ0) is 5.28. The molecule has 0 fully saturated rings. The Bertz CT molecular complexity index is 144. The molecule has 0 amide bonds. The summed E-state index contributed by atoms with van der Waals surface area (Å²) in [4.78, 5) is 0. The van der Waals surface area contributed by atoms with E-state index in [1.807, 2.05) is 0 Å². The lowest BCUT2D eigenvalue weighted by atomic mass is 10.1. The molecule has 34 valence electrons. The monoisotopic (exact) mass is 156 g/mol. The van der Waals surface area contributed by atoms with Crippen molar-refractivity contribution < 1.29 is 4.42 Å². The van der Waals surface area contributed by atoms with Crippen molar-refractivity contribution in [1.29, 1.82) is 0 Å². The molecular formula is C4H2BBrO. The van der Waals surface area contributed by atoms with Crippen LogP contribution in [0.15, 0.2) is 21.2 Å². The van der Waals surface area contributed by atoms with Crippen molar-refractivity contribution in [3.8, 4) is 0 Å². The van der Waals surface area contributed by atoms with E-state index in [4.69, 9.17) is 12.3 Å². The fourth-order valence-corrected chi connectivity index (χ4v) is 0.647. The van der Waals surface area contributed by atoms with E-state index in [1.165, 1.54) is 0 Å². The van der Waals surface area contributed by atoms with E-state index < -0.39 is 0 Å². The van der Waals surface area contributed by atoms with Gasteiger partial charge < -0.3 is 4.42 Å². The third-order valence-electron chi connectivity index (χ3n) is 0.594. The van der Waals surface area contributed by atoms with Crippen LogP contribution in [0.2, 0.25) is 0 Å². The number of hydrogen-bond acceptors (Lipinski definition) is 1. The Kier molecular flexibility index (Phi) is 1.24. The van der Waals surface area contributed by atoms with Gasteiger partial charge in [-0.1, -0.05) is 0 Å². The van der Waals surface area contributed by atoms with Crippen LogP contribution in [0.1, 0.15) is 0 Å². The van der Waals surface area contributed by atoms with Gasteiger partial charge in [0.15, 0.2) is 12.5 Å². The molecule has 0 atom stereocenters. The van der Waals surface area contributed by atoms with Crippen LogP contribution in [-0.2, 0) is 0 Å². The molecule has 0 bridgehead atoms. The molecule has 0 aliphatic rings. The van der Waals surface area contributed by atoms with E-state index in [9.17, 15) is 0 Å². The maximum absolute atomic E-state index is 5.18. The molecule has 0 aromatic carbocycles. The third kappa shape index (κ3) is 1.09. The maximum Gasteiger partial charge on any atom is 0.167 e. The lowest BCUT2D eigenvalue weighted by Crippen LogP contribution is -1.92. The highest BCUT2D eigenvalue weighted by atomic mass is 79.9. The summed E-state index contributed by atoms with van der Waals surface area (Å²) >= 11 is 3.09. The fraction of sp³-hybridized carbons (Fsp3) is 0. The van der Waals surface area contributed by atoms with Crippen LogP contribution in [0.25, 0.3) is 0 Å². The smallest absolute Gasteiger partial charge is 0.167 e. The SMILES string of the molecule is [B]c1ccc(Br)o1. The Hall–Kier alpha value is -0.175. The largest absolute Gasteiger partial charge is 0.466 e. The summed E-state index contributed by atoms with van der Waals surface area (Å²) in [5.41, 5.74) is 0.437. The van der Waals surface area contributed by atoms with E-state index in [0.717, 1.165) is 0 Å². The van der Waals surface area contributed by atoms with Gasteiger partial charge in [-0.25, -0.2) is 0 Å². The second-order valence-corrected chi connectivity index (χ2v) is 1.92. The normalized spacial score (nSPS) is 9.29. The lowest BCUT2D eigenvalue weighted by Gasteiger charge is -1.75. The third-order valence-corrected chi connectivity index (χ3v) is 1.02. The molecule has 3 heteroatoms. The first kappa shape index (κ1) is 4.97. The quantitative estimate of drug-likeness (QED) is 0.508. The molecule has 0 saturated carbocycles. The Morgan fingerprint density at radius 3 is 2.43 bits per heavy atom. The van der Waals surface area contributed by atoms with Crippen molar-refractivity contribution in [2.45, 2.75) is 0 Å². The summed E-state index contributed by atoms with van der Waals surface area (Å²) in [6, 6.07) is 3.43. The number of rotatable bonds is 0. The van der Waals surface area contributed by atoms with Crippen LogP contribution < -0.4 is 5.66 Å². The Labute approximate surface area is 51.2 Å². The lowest BCUT2D eigenvalue weighted by molar-refractivity contribution is 0.574. The van der Waals surface area contributed by atoms with Crippen LogP contribution in [0.3, 0.4) is 0 Å². The molecule has 0 aliphatic carbocycles. The average molecular weight is 157 g/mol. The molecule has 0 N–H and O–H groups in total. The molecule has 1 aromatic rings. The molecule has 1 nitrogen and oxygen atoms in total. The minimum atomic E-state index is 0.437. The van der Waals surface area contributed by atoms with E-state index in [0.29, 0.717) is 10.3 Å². The maximum atomic E-state index is 5.18. The van der Waals surface area contributed by atoms with Crippen molar-refractivity contribution in [1.82, 2.24) is 0 Å². The van der Waals surface area contributed by atoms with Crippen LogP contribution >= 0.6 is 15.9 Å². The van der Waals surface area contributed by atoms with Crippen molar-refractivity contribution in [3.63, 3.8) is 0 Å². The van der Waals surface area contributed by atoms with Gasteiger partial charge in [-0.3, -0.25) is 0 Å². The zero-order valence-electron chi connectivity index (χ0n) is 3.52. The Morgan fingerprint density at radius 2 is 2.29 bits per heavy atom. The van der Waals surface area contributed by atoms with E-state index in [1.54, 1.807) is 12.1 Å². The van der Waals surface area contributed by atoms with Gasteiger partial charge in [0.1, 0.15) is 0 Å². The Morgan fingerprint density at radius 1 is 1.57 bits per heavy atom. The van der Waals surface area contributed by atoms with Crippen molar-refractivity contribution in [2.24, 2.45) is 0 Å². The first-order chi connectivity index (χ1) is 3.29. The molecule has 1 heterocycles. The molecule has 1 rings (SSSR count). The number of furan rings is 1. The number of halogens is 1. The highest BCUT2D eigenvalue weighted by Crippen LogP contribution is 2.04. The minimum absolute atomic E-state index is 0.437. The highest BCUT2D eigenvalue weighted by Gasteiger charge is 1.87. The first-order valence-electron chi connectivity index (χ1n) is 1.80. The van der Waals surface area contributed by atoms with Gasteiger partial charge in [0.2, 0.25) is 0 Å². The molecule has 0 aliphatic heterocycles. The zero-order valence-corrected chi connectivity index (χ0v) is 5.10. The molecule has 1 aromatic heterocycles. The molecule has 7 heavy (non-hydrogen) atoms. The topological polar surface area (TPSA) is 13.1 Å². The van der Waals surface area contributed by atoms with Gasteiger partial charge in [0, 0.05) is 5.66 Å². The predicted octanol–water partition coefficient (Wildman–Crippen LogP) is 0.836. The Balaban J connectivity index is 3.04. The summed E-state index contributed by atoms with van der Waals surface area (Å²) in [5.74, 6) is 0. The van der Waals surface area contributed by atoms with Gasteiger partial charge >= 0.3 is 0 Å². The molecule has 2 radical (unpaired) electrons. The van der Waals surface area contributed by atoms with Crippen molar-refractivity contribution in [3.05, 3.63) is 16.8 Å². The fourth-order valence-electron chi connectivity index (χ4n) is 0.328. The van der Waals surface area contributed by atoms with Gasteiger partial charge in [-0.2, -0.15) is 0 Å². The average Bonchev–Trinajstić information content (AvgIpc) is 1.87. The summed E-state index contributed by atoms with van der Waals surface area (Å²) in [7, 11) is 5.18. The van der Waals surface area contributed by atoms with Crippen LogP contribution in [-0.4, -0.2) is 7.85 Å². The summed E-state index contributed by atoms with van der Waals surface area (Å²) < 4.78 is 5.45. The van der Waals surface area contributed by atoms with Gasteiger partial charge in [0.25, 0.3) is 0 Å². The molecule has 0 saturated heterocycles. The summed E-state index contributed by atoms with van der Waals surface area (Å²) in [6.07, 6.45) is 0. The van der Waals surface area contributed by atoms with E-state index >= 15 is 0 Å². The minimum Gasteiger partial charge on any atom is -0.466 e. The number of hydrogen-bond donors (Lipinski definition) is 0. The van der Waals surface area contributed by atoms with Gasteiger partial charge in [0.05, 0.1) is 0 Å². The second kappa shape index (κ2) is 1.74. The van der Waals surface area contributed by atoms with Crippen LogP contribution in [0.5, 0.6) is 0 Å². The van der Waals surface area contributed by atoms with Gasteiger partial charge in [-0.05, 0) is 28.1 Å². The van der Waals surface area contributed by atoms with Crippen LogP contribution in [0.4, 0.5) is 0 Å². The van der Waals surface area contributed by atoms with E-state index in [-0.39, 0.29) is 0 Å². The summed E-state index contributed by atoms with van der Waals surface area (Å²) in [5, 5.41) is 0. The first-order valence-corrected chi connectivity index (χ1v) is 2.59. The molecule has 0 spiro atoms. The molecule has 0 unspecified atom stereocenters.